The molecule has 0 saturated heterocycles. The summed E-state index contributed by atoms with van der Waals surface area (Å²) in [5.74, 6) is -0.442. The van der Waals surface area contributed by atoms with E-state index < -0.39 is 12.0 Å². The molecule has 0 bridgehead atoms. The highest BCUT2D eigenvalue weighted by molar-refractivity contribution is 6.35. The van der Waals surface area contributed by atoms with Gasteiger partial charge >= 0.3 is 5.97 Å². The number of methoxy groups -OCH3 is 1. The monoisotopic (exact) mass is 392 g/mol. The van der Waals surface area contributed by atoms with Gasteiger partial charge in [-0.05, 0) is 23.8 Å². The first-order valence-corrected chi connectivity index (χ1v) is 8.78. The van der Waals surface area contributed by atoms with Gasteiger partial charge in [0.15, 0.2) is 0 Å². The zero-order chi connectivity index (χ0) is 18.7. The quantitative estimate of drug-likeness (QED) is 0.561. The van der Waals surface area contributed by atoms with E-state index in [4.69, 9.17) is 27.9 Å². The molecule has 0 spiro atoms. The number of aliphatic carboxylic acids is 1. The Morgan fingerprint density at radius 3 is 2.77 bits per heavy atom. The lowest BCUT2D eigenvalue weighted by atomic mass is 10.0. The van der Waals surface area contributed by atoms with Crippen molar-refractivity contribution in [2.24, 2.45) is 0 Å². The normalized spacial score (nSPS) is 12.3. The fourth-order valence-electron chi connectivity index (χ4n) is 2.97. The zero-order valence-electron chi connectivity index (χ0n) is 14.1. The Bertz CT molecular complexity index is 940. The second kappa shape index (κ2) is 7.99. The van der Waals surface area contributed by atoms with Crippen LogP contribution in [0.25, 0.3) is 10.9 Å². The van der Waals surface area contributed by atoms with Crippen LogP contribution in [-0.2, 0) is 17.8 Å². The number of carbonyl (C=O) groups is 1. The maximum Gasteiger partial charge on any atom is 0.321 e. The number of aromatic amines is 1. The van der Waals surface area contributed by atoms with E-state index in [1.165, 1.54) is 7.11 Å². The van der Waals surface area contributed by atoms with Gasteiger partial charge in [-0.15, -0.1) is 0 Å². The van der Waals surface area contributed by atoms with Crippen molar-refractivity contribution in [3.63, 3.8) is 0 Å². The van der Waals surface area contributed by atoms with Gasteiger partial charge in [-0.3, -0.25) is 10.1 Å². The van der Waals surface area contributed by atoms with Gasteiger partial charge in [0.25, 0.3) is 0 Å². The van der Waals surface area contributed by atoms with Gasteiger partial charge in [-0.1, -0.05) is 41.4 Å². The maximum atomic E-state index is 11.7. The molecule has 5 nitrogen and oxygen atoms in total. The zero-order valence-corrected chi connectivity index (χ0v) is 15.6. The van der Waals surface area contributed by atoms with E-state index in [9.17, 15) is 9.90 Å². The summed E-state index contributed by atoms with van der Waals surface area (Å²) in [6.07, 6.45) is 2.19. The number of benzene rings is 2. The number of hydrogen-bond donors (Lipinski definition) is 3. The minimum absolute atomic E-state index is 0.267. The predicted molar refractivity (Wildman–Crippen MR) is 103 cm³/mol. The number of H-pyrrole nitrogens is 1. The third-order valence-corrected chi connectivity index (χ3v) is 4.72. The van der Waals surface area contributed by atoms with Gasteiger partial charge in [0.1, 0.15) is 11.8 Å². The third-order valence-electron chi connectivity index (χ3n) is 4.23. The average molecular weight is 393 g/mol. The number of nitrogens with one attached hydrogen (secondary N) is 2. The summed E-state index contributed by atoms with van der Waals surface area (Å²) in [6, 6.07) is 10.3. The molecule has 0 fully saturated rings. The fourth-order valence-corrected chi connectivity index (χ4v) is 3.59. The number of hydrogen-bond acceptors (Lipinski definition) is 3. The predicted octanol–water partition coefficient (Wildman–Crippen LogP) is 4.27. The number of ether oxygens (including phenoxy) is 1. The topological polar surface area (TPSA) is 74.3 Å². The van der Waals surface area contributed by atoms with Crippen molar-refractivity contribution >= 4 is 40.1 Å². The van der Waals surface area contributed by atoms with Crippen LogP contribution >= 0.6 is 23.2 Å². The molecule has 3 aromatic rings. The van der Waals surface area contributed by atoms with E-state index in [1.54, 1.807) is 12.1 Å². The van der Waals surface area contributed by atoms with E-state index in [1.807, 2.05) is 30.5 Å². The Morgan fingerprint density at radius 1 is 1.27 bits per heavy atom. The minimum Gasteiger partial charge on any atom is -0.495 e. The lowest BCUT2D eigenvalue weighted by Crippen LogP contribution is -2.38. The number of halogens is 2. The van der Waals surface area contributed by atoms with Gasteiger partial charge in [-0.2, -0.15) is 0 Å². The number of fused-ring (bicyclic) bond motifs is 1. The highest BCUT2D eigenvalue weighted by Gasteiger charge is 2.20. The summed E-state index contributed by atoms with van der Waals surface area (Å²) in [7, 11) is 1.51. The molecule has 0 aliphatic rings. The van der Waals surface area contributed by atoms with Gasteiger partial charge < -0.3 is 14.8 Å². The molecule has 0 saturated carbocycles. The second-order valence-electron chi connectivity index (χ2n) is 5.92. The summed E-state index contributed by atoms with van der Waals surface area (Å²) in [6.45, 7) is 0.267. The number of aromatic nitrogens is 1. The lowest BCUT2D eigenvalue weighted by Gasteiger charge is -2.16. The number of carboxylic acids is 1. The van der Waals surface area contributed by atoms with E-state index in [2.05, 4.69) is 10.3 Å². The molecule has 1 unspecified atom stereocenters. The lowest BCUT2D eigenvalue weighted by molar-refractivity contribution is -0.139. The third kappa shape index (κ3) is 3.96. The summed E-state index contributed by atoms with van der Waals surface area (Å²) < 4.78 is 5.30. The standard InChI is InChI=1S/C19H18Cl2N2O3/c1-26-18-12(6-13(20)8-15(18)21)10-23-17(19(24)25)7-11-9-22-16-5-3-2-4-14(11)16/h2-6,8-9,17,22-23H,7,10H2,1H3,(H,24,25). The number of para-hydroxylation sites is 1. The largest absolute Gasteiger partial charge is 0.495 e. The molecule has 3 N–H and O–H groups in total. The molecule has 0 radical (unpaired) electrons. The van der Waals surface area contributed by atoms with Crippen LogP contribution in [0.15, 0.2) is 42.6 Å². The van der Waals surface area contributed by atoms with Gasteiger partial charge in [0.2, 0.25) is 0 Å². The Balaban J connectivity index is 1.79. The van der Waals surface area contributed by atoms with Crippen LogP contribution in [0.2, 0.25) is 10.0 Å². The Kier molecular flexibility index (Phi) is 5.71. The van der Waals surface area contributed by atoms with E-state index in [0.29, 0.717) is 27.8 Å². The average Bonchev–Trinajstić information content (AvgIpc) is 3.01. The number of carboxylic acid groups (broad SMARTS) is 1. The molecule has 0 amide bonds. The van der Waals surface area contributed by atoms with Crippen molar-refractivity contribution in [1.29, 1.82) is 0 Å². The SMILES string of the molecule is COc1c(Cl)cc(Cl)cc1CNC(Cc1c[nH]c2ccccc12)C(=O)O. The van der Waals surface area contributed by atoms with E-state index in [0.717, 1.165) is 16.5 Å². The van der Waals surface area contributed by atoms with Crippen LogP contribution in [0.1, 0.15) is 11.1 Å². The molecule has 1 heterocycles. The molecular formula is C19H18Cl2N2O3. The first kappa shape index (κ1) is 18.6. The fraction of sp³-hybridized carbons (Fsp3) is 0.211. The highest BCUT2D eigenvalue weighted by atomic mass is 35.5. The smallest absolute Gasteiger partial charge is 0.321 e. The van der Waals surface area contributed by atoms with E-state index in [-0.39, 0.29) is 6.54 Å². The molecule has 136 valence electrons. The maximum absolute atomic E-state index is 11.7. The first-order valence-electron chi connectivity index (χ1n) is 8.02. The van der Waals surface area contributed by atoms with Crippen molar-refractivity contribution in [2.75, 3.05) is 7.11 Å². The van der Waals surface area contributed by atoms with Crippen LogP contribution in [0.4, 0.5) is 0 Å². The molecule has 1 atom stereocenters. The Morgan fingerprint density at radius 2 is 2.04 bits per heavy atom. The van der Waals surface area contributed by atoms with Crippen LogP contribution in [-0.4, -0.2) is 29.2 Å². The first-order chi connectivity index (χ1) is 12.5. The molecule has 0 aliphatic carbocycles. The number of rotatable bonds is 7. The molecule has 26 heavy (non-hydrogen) atoms. The Labute approximate surface area is 160 Å². The van der Waals surface area contributed by atoms with Crippen molar-refractivity contribution in [3.8, 4) is 5.75 Å². The van der Waals surface area contributed by atoms with Crippen molar-refractivity contribution < 1.29 is 14.6 Å². The van der Waals surface area contributed by atoms with Gasteiger partial charge in [-0.25, -0.2) is 0 Å². The summed E-state index contributed by atoms with van der Waals surface area (Å²) in [5.41, 5.74) is 2.63. The van der Waals surface area contributed by atoms with Gasteiger partial charge in [0.05, 0.1) is 12.1 Å². The summed E-state index contributed by atoms with van der Waals surface area (Å²) in [5, 5.41) is 14.5. The summed E-state index contributed by atoms with van der Waals surface area (Å²) in [4.78, 5) is 14.9. The molecule has 1 aromatic heterocycles. The van der Waals surface area contributed by atoms with Crippen molar-refractivity contribution in [2.45, 2.75) is 19.0 Å². The molecular weight excluding hydrogens is 375 g/mol. The van der Waals surface area contributed by atoms with Crippen molar-refractivity contribution in [3.05, 3.63) is 63.8 Å². The van der Waals surface area contributed by atoms with Gasteiger partial charge in [0, 0.05) is 40.7 Å². The summed E-state index contributed by atoms with van der Waals surface area (Å²) >= 11 is 12.2. The van der Waals surface area contributed by atoms with Crippen LogP contribution in [0.5, 0.6) is 5.75 Å². The molecule has 7 heteroatoms. The highest BCUT2D eigenvalue weighted by Crippen LogP contribution is 2.32. The van der Waals surface area contributed by atoms with Crippen molar-refractivity contribution in [1.82, 2.24) is 10.3 Å². The minimum atomic E-state index is -0.928. The van der Waals surface area contributed by atoms with E-state index >= 15 is 0 Å². The van der Waals surface area contributed by atoms with Crippen LogP contribution in [0, 0.1) is 0 Å². The molecule has 2 aromatic carbocycles. The second-order valence-corrected chi connectivity index (χ2v) is 6.76. The van der Waals surface area contributed by atoms with Crippen LogP contribution in [0.3, 0.4) is 0 Å². The molecule has 3 rings (SSSR count). The molecule has 0 aliphatic heterocycles. The Hall–Kier alpha value is -2.21. The van der Waals surface area contributed by atoms with Crippen LogP contribution < -0.4 is 10.1 Å².